The molecule has 0 radical (unpaired) electrons. The Labute approximate surface area is 131 Å². The molecule has 0 bridgehead atoms. The summed E-state index contributed by atoms with van der Waals surface area (Å²) in [5.41, 5.74) is 2.30. The summed E-state index contributed by atoms with van der Waals surface area (Å²) in [7, 11) is 0. The van der Waals surface area contributed by atoms with Crippen molar-refractivity contribution in [2.24, 2.45) is 0 Å². The average molecular weight is 345 g/mol. The number of carbonyl (C=O) groups excluding carboxylic acids is 1. The predicted molar refractivity (Wildman–Crippen MR) is 88.7 cm³/mol. The Bertz CT molecular complexity index is 649. The minimum atomic E-state index is 0.177. The summed E-state index contributed by atoms with van der Waals surface area (Å²) in [5, 5.41) is 0.195. The number of halogens is 1. The normalized spacial score (nSPS) is 19.2. The third-order valence-electron chi connectivity index (χ3n) is 3.28. The van der Waals surface area contributed by atoms with Crippen LogP contribution >= 0.6 is 27.7 Å². The standard InChI is InChI=1S/C17H13BrOS/c18-16-14(19)11-15(12-7-3-1-4-8-12)20-17(16)13-9-5-2-6-10-13/h1-10,15H,11H2. The van der Waals surface area contributed by atoms with Crippen molar-refractivity contribution < 1.29 is 4.79 Å². The molecule has 1 unspecified atom stereocenters. The fraction of sp³-hybridized carbons (Fsp3) is 0.118. The molecule has 3 heteroatoms. The van der Waals surface area contributed by atoms with Gasteiger partial charge in [-0.25, -0.2) is 0 Å². The molecule has 2 aromatic rings. The fourth-order valence-electron chi connectivity index (χ4n) is 2.26. The lowest BCUT2D eigenvalue weighted by atomic mass is 10.1. The Morgan fingerprint density at radius 3 is 2.20 bits per heavy atom. The van der Waals surface area contributed by atoms with E-state index in [1.54, 1.807) is 11.8 Å². The monoisotopic (exact) mass is 344 g/mol. The Balaban J connectivity index is 1.98. The minimum Gasteiger partial charge on any atom is -0.294 e. The number of hydrogen-bond donors (Lipinski definition) is 0. The van der Waals surface area contributed by atoms with Gasteiger partial charge >= 0.3 is 0 Å². The molecule has 1 aliphatic rings. The van der Waals surface area contributed by atoms with Crippen LogP contribution in [0.15, 0.2) is 65.1 Å². The molecule has 0 spiro atoms. The van der Waals surface area contributed by atoms with Crippen molar-refractivity contribution in [3.05, 3.63) is 76.3 Å². The summed E-state index contributed by atoms with van der Waals surface area (Å²) in [6, 6.07) is 20.3. The summed E-state index contributed by atoms with van der Waals surface area (Å²) < 4.78 is 0.709. The Morgan fingerprint density at radius 1 is 0.950 bits per heavy atom. The SMILES string of the molecule is O=C1CC(c2ccccc2)SC(c2ccccc2)=C1Br. The molecule has 1 heterocycles. The van der Waals surface area contributed by atoms with Gasteiger partial charge in [-0.3, -0.25) is 4.79 Å². The fourth-order valence-corrected chi connectivity index (χ4v) is 4.23. The molecule has 0 aromatic heterocycles. The maximum atomic E-state index is 12.2. The Kier molecular flexibility index (Phi) is 4.08. The molecular weight excluding hydrogens is 332 g/mol. The number of carbonyl (C=O) groups is 1. The van der Waals surface area contributed by atoms with E-state index < -0.39 is 0 Å². The summed E-state index contributed by atoms with van der Waals surface area (Å²) in [6.07, 6.45) is 0.547. The van der Waals surface area contributed by atoms with E-state index in [1.807, 2.05) is 48.5 Å². The van der Waals surface area contributed by atoms with Crippen molar-refractivity contribution in [1.82, 2.24) is 0 Å². The van der Waals surface area contributed by atoms with Gasteiger partial charge in [-0.15, -0.1) is 11.8 Å². The number of Topliss-reactive ketones (excluding diaryl/α,β-unsaturated/α-hetero) is 1. The third kappa shape index (κ3) is 2.74. The third-order valence-corrected chi connectivity index (χ3v) is 5.78. The van der Waals surface area contributed by atoms with Crippen LogP contribution in [0.1, 0.15) is 22.8 Å². The number of allylic oxidation sites excluding steroid dienone is 1. The number of rotatable bonds is 2. The molecule has 0 saturated carbocycles. The lowest BCUT2D eigenvalue weighted by molar-refractivity contribution is -0.114. The van der Waals surface area contributed by atoms with E-state index in [2.05, 4.69) is 28.1 Å². The summed E-state index contributed by atoms with van der Waals surface area (Å²) >= 11 is 5.23. The highest BCUT2D eigenvalue weighted by Crippen LogP contribution is 2.49. The molecule has 100 valence electrons. The second kappa shape index (κ2) is 5.98. The van der Waals surface area contributed by atoms with E-state index in [9.17, 15) is 4.79 Å². The maximum Gasteiger partial charge on any atom is 0.172 e. The van der Waals surface area contributed by atoms with Crippen LogP contribution < -0.4 is 0 Å². The van der Waals surface area contributed by atoms with Crippen molar-refractivity contribution in [2.75, 3.05) is 0 Å². The van der Waals surface area contributed by atoms with Crippen LogP contribution in [0.2, 0.25) is 0 Å². The van der Waals surface area contributed by atoms with Crippen LogP contribution in [-0.4, -0.2) is 5.78 Å². The quantitative estimate of drug-likeness (QED) is 0.744. The van der Waals surface area contributed by atoms with Gasteiger partial charge in [0.25, 0.3) is 0 Å². The first-order chi connectivity index (χ1) is 9.75. The van der Waals surface area contributed by atoms with Gasteiger partial charge in [0, 0.05) is 16.6 Å². The molecular formula is C17H13BrOS. The van der Waals surface area contributed by atoms with Gasteiger partial charge in [0.05, 0.1) is 4.48 Å². The van der Waals surface area contributed by atoms with Gasteiger partial charge in [-0.05, 0) is 27.1 Å². The van der Waals surface area contributed by atoms with Crippen LogP contribution in [-0.2, 0) is 4.79 Å². The van der Waals surface area contributed by atoms with Crippen LogP contribution in [0.3, 0.4) is 0 Å². The largest absolute Gasteiger partial charge is 0.294 e. The van der Waals surface area contributed by atoms with Gasteiger partial charge < -0.3 is 0 Å². The van der Waals surface area contributed by atoms with Crippen LogP contribution in [0.5, 0.6) is 0 Å². The Morgan fingerprint density at radius 2 is 1.55 bits per heavy atom. The highest BCUT2D eigenvalue weighted by Gasteiger charge is 2.28. The number of hydrogen-bond acceptors (Lipinski definition) is 2. The van der Waals surface area contributed by atoms with Gasteiger partial charge in [0.2, 0.25) is 0 Å². The molecule has 1 atom stereocenters. The molecule has 3 rings (SSSR count). The second-order valence-electron chi connectivity index (χ2n) is 4.65. The highest BCUT2D eigenvalue weighted by molar-refractivity contribution is 9.12. The molecule has 0 amide bonds. The number of benzene rings is 2. The molecule has 0 fully saturated rings. The topological polar surface area (TPSA) is 17.1 Å². The molecule has 0 N–H and O–H groups in total. The summed E-state index contributed by atoms with van der Waals surface area (Å²) in [5.74, 6) is 0.177. The molecule has 0 saturated heterocycles. The first kappa shape index (κ1) is 13.7. The van der Waals surface area contributed by atoms with E-state index in [1.165, 1.54) is 5.56 Å². The van der Waals surface area contributed by atoms with E-state index in [0.717, 1.165) is 10.5 Å². The van der Waals surface area contributed by atoms with Crippen LogP contribution in [0.4, 0.5) is 0 Å². The van der Waals surface area contributed by atoms with Crippen molar-refractivity contribution in [1.29, 1.82) is 0 Å². The number of thioether (sulfide) groups is 1. The lowest BCUT2D eigenvalue weighted by Crippen LogP contribution is -2.11. The van der Waals surface area contributed by atoms with Gasteiger partial charge in [-0.2, -0.15) is 0 Å². The minimum absolute atomic E-state index is 0.177. The zero-order valence-electron chi connectivity index (χ0n) is 10.8. The van der Waals surface area contributed by atoms with Gasteiger partial charge in [0.1, 0.15) is 0 Å². The van der Waals surface area contributed by atoms with Crippen LogP contribution in [0.25, 0.3) is 4.91 Å². The Hall–Kier alpha value is -1.32. The first-order valence-corrected chi connectivity index (χ1v) is 8.13. The van der Waals surface area contributed by atoms with Crippen molar-refractivity contribution in [3.8, 4) is 0 Å². The summed E-state index contributed by atoms with van der Waals surface area (Å²) in [4.78, 5) is 13.3. The zero-order chi connectivity index (χ0) is 13.9. The van der Waals surface area contributed by atoms with Crippen molar-refractivity contribution in [2.45, 2.75) is 11.7 Å². The molecule has 1 aliphatic heterocycles. The van der Waals surface area contributed by atoms with Crippen LogP contribution in [0, 0.1) is 0 Å². The molecule has 1 nitrogen and oxygen atoms in total. The molecule has 2 aromatic carbocycles. The first-order valence-electron chi connectivity index (χ1n) is 6.45. The van der Waals surface area contributed by atoms with Crippen molar-refractivity contribution in [3.63, 3.8) is 0 Å². The number of ketones is 1. The second-order valence-corrected chi connectivity index (χ2v) is 6.66. The predicted octanol–water partition coefficient (Wildman–Crippen LogP) is 5.20. The van der Waals surface area contributed by atoms with Gasteiger partial charge in [0.15, 0.2) is 5.78 Å². The van der Waals surface area contributed by atoms with E-state index in [0.29, 0.717) is 10.9 Å². The zero-order valence-corrected chi connectivity index (χ0v) is 13.2. The smallest absolute Gasteiger partial charge is 0.172 e. The highest BCUT2D eigenvalue weighted by atomic mass is 79.9. The lowest BCUT2D eigenvalue weighted by Gasteiger charge is -2.24. The van der Waals surface area contributed by atoms with E-state index >= 15 is 0 Å². The summed E-state index contributed by atoms with van der Waals surface area (Å²) in [6.45, 7) is 0. The van der Waals surface area contributed by atoms with E-state index in [-0.39, 0.29) is 11.0 Å². The van der Waals surface area contributed by atoms with E-state index in [4.69, 9.17) is 0 Å². The van der Waals surface area contributed by atoms with Gasteiger partial charge in [-0.1, -0.05) is 60.7 Å². The van der Waals surface area contributed by atoms with Crippen molar-refractivity contribution >= 4 is 38.4 Å². The average Bonchev–Trinajstić information content (AvgIpc) is 2.51. The molecule has 20 heavy (non-hydrogen) atoms. The molecule has 0 aliphatic carbocycles. The maximum absolute atomic E-state index is 12.2.